The summed E-state index contributed by atoms with van der Waals surface area (Å²) < 4.78 is 9.80. The molecule has 0 heterocycles. The maximum atomic E-state index is 11.3. The topological polar surface area (TPSA) is 69.7 Å². The fraction of sp³-hybridized carbons (Fsp3) is 0.786. The van der Waals surface area contributed by atoms with Crippen molar-refractivity contribution in [2.75, 3.05) is 6.61 Å². The Hall–Kier alpha value is -1.39. The molecule has 0 fully saturated rings. The van der Waals surface area contributed by atoms with E-state index in [2.05, 4.69) is 13.8 Å². The number of carbonyl (C=O) groups is 3. The number of rotatable bonds is 9. The lowest BCUT2D eigenvalue weighted by atomic mass is 10.1. The van der Waals surface area contributed by atoms with Gasteiger partial charge in [-0.05, 0) is 32.6 Å². The molecule has 0 aliphatic carbocycles. The number of ether oxygens (including phenoxy) is 2. The van der Waals surface area contributed by atoms with Gasteiger partial charge in [-0.25, -0.2) is 0 Å². The van der Waals surface area contributed by atoms with E-state index in [4.69, 9.17) is 9.47 Å². The van der Waals surface area contributed by atoms with Gasteiger partial charge in [0.25, 0.3) is 0 Å². The molecule has 5 heteroatoms. The predicted octanol–water partition coefficient (Wildman–Crippen LogP) is 2.27. The Kier molecular flexibility index (Phi) is 8.83. The highest BCUT2D eigenvalue weighted by Crippen LogP contribution is 2.05. The van der Waals surface area contributed by atoms with E-state index < -0.39 is 18.0 Å². The SMILES string of the molecule is CC(=O)C(C)OC(=O)CCC(=O)OCCCC(C)C. The van der Waals surface area contributed by atoms with Gasteiger partial charge >= 0.3 is 11.9 Å². The van der Waals surface area contributed by atoms with Gasteiger partial charge in [-0.1, -0.05) is 13.8 Å². The van der Waals surface area contributed by atoms with E-state index in [-0.39, 0.29) is 18.6 Å². The number of esters is 2. The Labute approximate surface area is 114 Å². The zero-order valence-corrected chi connectivity index (χ0v) is 12.2. The van der Waals surface area contributed by atoms with E-state index in [1.807, 2.05) is 0 Å². The first kappa shape index (κ1) is 17.6. The minimum atomic E-state index is -0.755. The van der Waals surface area contributed by atoms with E-state index >= 15 is 0 Å². The molecule has 0 saturated carbocycles. The largest absolute Gasteiger partial charge is 0.466 e. The molecule has 0 aromatic heterocycles. The zero-order chi connectivity index (χ0) is 14.8. The van der Waals surface area contributed by atoms with Crippen LogP contribution in [-0.4, -0.2) is 30.4 Å². The van der Waals surface area contributed by atoms with Gasteiger partial charge in [-0.2, -0.15) is 0 Å². The van der Waals surface area contributed by atoms with Gasteiger partial charge in [0.15, 0.2) is 11.9 Å². The number of Topliss-reactive ketones (excluding diaryl/α,β-unsaturated/α-hetero) is 1. The second kappa shape index (κ2) is 9.53. The first-order valence-corrected chi connectivity index (χ1v) is 6.68. The van der Waals surface area contributed by atoms with Gasteiger partial charge in [0.2, 0.25) is 0 Å². The Morgan fingerprint density at radius 3 is 2.11 bits per heavy atom. The van der Waals surface area contributed by atoms with Crippen molar-refractivity contribution in [3.63, 3.8) is 0 Å². The molecule has 0 amide bonds. The summed E-state index contributed by atoms with van der Waals surface area (Å²) in [6.07, 6.45) is 1.02. The van der Waals surface area contributed by atoms with E-state index in [0.717, 1.165) is 12.8 Å². The van der Waals surface area contributed by atoms with Gasteiger partial charge in [0.05, 0.1) is 19.4 Å². The average Bonchev–Trinajstić information content (AvgIpc) is 2.31. The summed E-state index contributed by atoms with van der Waals surface area (Å²) in [7, 11) is 0. The molecule has 110 valence electrons. The smallest absolute Gasteiger partial charge is 0.307 e. The van der Waals surface area contributed by atoms with Crippen LogP contribution in [0.5, 0.6) is 0 Å². The van der Waals surface area contributed by atoms with Crippen LogP contribution in [0.3, 0.4) is 0 Å². The minimum absolute atomic E-state index is 0.00879. The van der Waals surface area contributed by atoms with E-state index in [0.29, 0.717) is 12.5 Å². The third-order valence-electron chi connectivity index (χ3n) is 2.60. The Bertz CT molecular complexity index is 309. The molecular weight excluding hydrogens is 248 g/mol. The summed E-state index contributed by atoms with van der Waals surface area (Å²) in [6, 6.07) is 0. The molecule has 0 saturated heterocycles. The molecule has 0 N–H and O–H groups in total. The molecule has 0 aromatic rings. The van der Waals surface area contributed by atoms with Gasteiger partial charge in [-0.3, -0.25) is 14.4 Å². The van der Waals surface area contributed by atoms with Crippen LogP contribution in [0.2, 0.25) is 0 Å². The fourth-order valence-corrected chi connectivity index (χ4v) is 1.29. The first-order chi connectivity index (χ1) is 8.82. The van der Waals surface area contributed by atoms with Crippen LogP contribution in [0.25, 0.3) is 0 Å². The Balaban J connectivity index is 3.67. The maximum absolute atomic E-state index is 11.3. The van der Waals surface area contributed by atoms with Crippen molar-refractivity contribution in [3.05, 3.63) is 0 Å². The zero-order valence-electron chi connectivity index (χ0n) is 12.2. The summed E-state index contributed by atoms with van der Waals surface area (Å²) >= 11 is 0. The van der Waals surface area contributed by atoms with Gasteiger partial charge in [0.1, 0.15) is 0 Å². The summed E-state index contributed by atoms with van der Waals surface area (Å²) in [5.74, 6) is -0.593. The van der Waals surface area contributed by atoms with Crippen molar-refractivity contribution in [2.45, 2.75) is 59.5 Å². The lowest BCUT2D eigenvalue weighted by Gasteiger charge is -2.09. The quantitative estimate of drug-likeness (QED) is 0.475. The molecule has 1 unspecified atom stereocenters. The highest BCUT2D eigenvalue weighted by atomic mass is 16.5. The van der Waals surface area contributed by atoms with Crippen LogP contribution in [0.1, 0.15) is 53.4 Å². The highest BCUT2D eigenvalue weighted by Gasteiger charge is 2.15. The highest BCUT2D eigenvalue weighted by molar-refractivity contribution is 5.84. The number of ketones is 1. The number of carbonyl (C=O) groups excluding carboxylic acids is 3. The molecule has 5 nitrogen and oxygen atoms in total. The molecule has 0 radical (unpaired) electrons. The summed E-state index contributed by atoms with van der Waals surface area (Å²) in [5, 5.41) is 0. The van der Waals surface area contributed by atoms with Gasteiger partial charge in [0, 0.05) is 0 Å². The molecule has 19 heavy (non-hydrogen) atoms. The second-order valence-corrected chi connectivity index (χ2v) is 5.00. The fourth-order valence-electron chi connectivity index (χ4n) is 1.29. The van der Waals surface area contributed by atoms with Crippen LogP contribution in [0.15, 0.2) is 0 Å². The third-order valence-corrected chi connectivity index (χ3v) is 2.60. The summed E-state index contributed by atoms with van der Waals surface area (Å²) in [5.41, 5.74) is 0. The molecule has 1 atom stereocenters. The molecule has 0 aliphatic rings. The van der Waals surface area contributed by atoms with Crippen molar-refractivity contribution in [1.29, 1.82) is 0 Å². The Morgan fingerprint density at radius 2 is 1.58 bits per heavy atom. The third kappa shape index (κ3) is 10.2. The number of hydrogen-bond acceptors (Lipinski definition) is 5. The van der Waals surface area contributed by atoms with Crippen molar-refractivity contribution >= 4 is 17.7 Å². The predicted molar refractivity (Wildman–Crippen MR) is 70.5 cm³/mol. The molecule has 0 aliphatic heterocycles. The summed E-state index contributed by atoms with van der Waals surface area (Å²) in [4.78, 5) is 33.5. The van der Waals surface area contributed by atoms with Crippen molar-refractivity contribution in [2.24, 2.45) is 5.92 Å². The van der Waals surface area contributed by atoms with Crippen LogP contribution < -0.4 is 0 Å². The molecule has 0 bridgehead atoms. The van der Waals surface area contributed by atoms with E-state index in [1.54, 1.807) is 0 Å². The number of hydrogen-bond donors (Lipinski definition) is 0. The second-order valence-electron chi connectivity index (χ2n) is 5.00. The minimum Gasteiger partial charge on any atom is -0.466 e. The standard InChI is InChI=1S/C14H24O5/c1-10(2)6-5-9-18-13(16)7-8-14(17)19-12(4)11(3)15/h10,12H,5-9H2,1-4H3. The monoisotopic (exact) mass is 272 g/mol. The van der Waals surface area contributed by atoms with Gasteiger partial charge < -0.3 is 9.47 Å². The van der Waals surface area contributed by atoms with Crippen LogP contribution in [-0.2, 0) is 23.9 Å². The molecule has 0 spiro atoms. The maximum Gasteiger partial charge on any atom is 0.307 e. The van der Waals surface area contributed by atoms with E-state index in [9.17, 15) is 14.4 Å². The van der Waals surface area contributed by atoms with Crippen LogP contribution in [0, 0.1) is 5.92 Å². The molecular formula is C14H24O5. The van der Waals surface area contributed by atoms with E-state index in [1.165, 1.54) is 13.8 Å². The lowest BCUT2D eigenvalue weighted by molar-refractivity contribution is -0.156. The average molecular weight is 272 g/mol. The van der Waals surface area contributed by atoms with Crippen LogP contribution >= 0.6 is 0 Å². The van der Waals surface area contributed by atoms with Crippen molar-refractivity contribution in [1.82, 2.24) is 0 Å². The summed E-state index contributed by atoms with van der Waals surface area (Å²) in [6.45, 7) is 7.45. The van der Waals surface area contributed by atoms with Gasteiger partial charge in [-0.15, -0.1) is 0 Å². The Morgan fingerprint density at radius 1 is 1.00 bits per heavy atom. The molecule has 0 rings (SSSR count). The van der Waals surface area contributed by atoms with Crippen molar-refractivity contribution < 1.29 is 23.9 Å². The molecule has 0 aromatic carbocycles. The van der Waals surface area contributed by atoms with Crippen LogP contribution in [0.4, 0.5) is 0 Å². The lowest BCUT2D eigenvalue weighted by Crippen LogP contribution is -2.22. The normalized spacial score (nSPS) is 12.1. The first-order valence-electron chi connectivity index (χ1n) is 6.68. The van der Waals surface area contributed by atoms with Crippen molar-refractivity contribution in [3.8, 4) is 0 Å².